The first-order chi connectivity index (χ1) is 5.67. The Morgan fingerprint density at radius 2 is 2.08 bits per heavy atom. The van der Waals surface area contributed by atoms with Crippen LogP contribution >= 0.6 is 12.6 Å². The van der Waals surface area contributed by atoms with E-state index < -0.39 is 5.83 Å². The molecule has 0 heterocycles. The molecule has 0 aromatic carbocycles. The van der Waals surface area contributed by atoms with E-state index in [9.17, 15) is 4.39 Å². The van der Waals surface area contributed by atoms with E-state index in [0.29, 0.717) is 5.57 Å². The molecule has 3 heteroatoms. The number of rotatable bonds is 4. The number of halogens is 1. The average Bonchev–Trinajstić information content (AvgIpc) is 2.11. The smallest absolute Gasteiger partial charge is 0.136 e. The highest BCUT2D eigenvalue weighted by molar-refractivity contribution is 7.83. The molecule has 0 aliphatic rings. The van der Waals surface area contributed by atoms with Crippen LogP contribution in [0.1, 0.15) is 0 Å². The lowest BCUT2D eigenvalue weighted by Gasteiger charge is -2.00. The molecule has 0 saturated heterocycles. The summed E-state index contributed by atoms with van der Waals surface area (Å²) in [4.78, 5) is 3.48. The van der Waals surface area contributed by atoms with E-state index in [-0.39, 0.29) is 5.57 Å². The second kappa shape index (κ2) is 5.55. The molecule has 12 heavy (non-hydrogen) atoms. The second-order valence-corrected chi connectivity index (χ2v) is 2.18. The Hall–Kier alpha value is -1.09. The average molecular weight is 183 g/mol. The summed E-state index contributed by atoms with van der Waals surface area (Å²) in [6.45, 7) is 10.2. The zero-order chi connectivity index (χ0) is 9.56. The van der Waals surface area contributed by atoms with E-state index in [1.807, 2.05) is 0 Å². The Bertz CT molecular complexity index is 264. The van der Waals surface area contributed by atoms with Gasteiger partial charge in [-0.15, -0.1) is 12.6 Å². The van der Waals surface area contributed by atoms with Crippen LogP contribution in [-0.2, 0) is 0 Å². The third-order valence-corrected chi connectivity index (χ3v) is 1.43. The highest BCUT2D eigenvalue weighted by Crippen LogP contribution is 2.19. The van der Waals surface area contributed by atoms with Crippen LogP contribution in [0.4, 0.5) is 4.39 Å². The van der Waals surface area contributed by atoms with Gasteiger partial charge in [-0.05, 0) is 6.72 Å². The van der Waals surface area contributed by atoms with Crippen molar-refractivity contribution in [2.24, 2.45) is 4.99 Å². The van der Waals surface area contributed by atoms with Crippen molar-refractivity contribution in [3.63, 3.8) is 0 Å². The SMILES string of the molecule is C=C/C(=C\N=C)C(=C)/C(F)=C\S. The fraction of sp³-hybridized carbons (Fsp3) is 0. The van der Waals surface area contributed by atoms with Crippen LogP contribution < -0.4 is 0 Å². The molecule has 0 aromatic rings. The zero-order valence-electron chi connectivity index (χ0n) is 6.63. The van der Waals surface area contributed by atoms with Crippen molar-refractivity contribution in [2.45, 2.75) is 0 Å². The first-order valence-corrected chi connectivity index (χ1v) is 3.67. The lowest BCUT2D eigenvalue weighted by molar-refractivity contribution is 0.659. The molecule has 0 radical (unpaired) electrons. The van der Waals surface area contributed by atoms with Gasteiger partial charge in [0.05, 0.1) is 0 Å². The third-order valence-electron chi connectivity index (χ3n) is 1.20. The van der Waals surface area contributed by atoms with Gasteiger partial charge in [-0.1, -0.05) is 19.2 Å². The topological polar surface area (TPSA) is 12.4 Å². The highest BCUT2D eigenvalue weighted by atomic mass is 32.1. The summed E-state index contributed by atoms with van der Waals surface area (Å²) in [5, 5.41) is 1.03. The number of thiol groups is 1. The maximum atomic E-state index is 12.8. The molecule has 0 unspecified atom stereocenters. The summed E-state index contributed by atoms with van der Waals surface area (Å²) in [5.74, 6) is -0.506. The highest BCUT2D eigenvalue weighted by Gasteiger charge is 2.03. The van der Waals surface area contributed by atoms with Gasteiger partial charge in [-0.25, -0.2) is 4.39 Å². The number of nitrogens with zero attached hydrogens (tertiary/aromatic N) is 1. The number of allylic oxidation sites excluding steroid dienone is 4. The summed E-state index contributed by atoms with van der Waals surface area (Å²) in [7, 11) is 0. The quantitative estimate of drug-likeness (QED) is 0.391. The van der Waals surface area contributed by atoms with Crippen molar-refractivity contribution in [3.05, 3.63) is 47.8 Å². The molecule has 0 aromatic heterocycles. The molecule has 0 aliphatic heterocycles. The summed E-state index contributed by atoms with van der Waals surface area (Å²) < 4.78 is 12.8. The van der Waals surface area contributed by atoms with Gasteiger partial charge < -0.3 is 0 Å². The molecule has 64 valence electrons. The van der Waals surface area contributed by atoms with Crippen molar-refractivity contribution < 1.29 is 4.39 Å². The summed E-state index contributed by atoms with van der Waals surface area (Å²) in [6.07, 6.45) is 2.83. The monoisotopic (exact) mass is 183 g/mol. The third kappa shape index (κ3) is 2.88. The van der Waals surface area contributed by atoms with Crippen molar-refractivity contribution in [2.75, 3.05) is 0 Å². The normalized spacial score (nSPS) is 12.5. The molecule has 0 saturated carbocycles. The Balaban J connectivity index is 4.77. The maximum absolute atomic E-state index is 12.8. The molecule has 0 spiro atoms. The van der Waals surface area contributed by atoms with Gasteiger partial charge in [0.2, 0.25) is 0 Å². The molecule has 0 fully saturated rings. The Morgan fingerprint density at radius 1 is 1.50 bits per heavy atom. The van der Waals surface area contributed by atoms with E-state index in [2.05, 4.69) is 37.5 Å². The minimum Gasteiger partial charge on any atom is -0.272 e. The van der Waals surface area contributed by atoms with Crippen molar-refractivity contribution in [3.8, 4) is 0 Å². The predicted octanol–water partition coefficient (Wildman–Crippen LogP) is 3.05. The summed E-state index contributed by atoms with van der Waals surface area (Å²) in [5.41, 5.74) is 0.695. The van der Waals surface area contributed by atoms with E-state index in [0.717, 1.165) is 5.41 Å². The van der Waals surface area contributed by atoms with E-state index in [4.69, 9.17) is 0 Å². The fourth-order valence-corrected chi connectivity index (χ4v) is 0.724. The Morgan fingerprint density at radius 3 is 2.42 bits per heavy atom. The van der Waals surface area contributed by atoms with Gasteiger partial charge in [0.1, 0.15) is 5.83 Å². The van der Waals surface area contributed by atoms with Crippen molar-refractivity contribution in [1.29, 1.82) is 0 Å². The van der Waals surface area contributed by atoms with Gasteiger partial charge in [0, 0.05) is 22.8 Å². The van der Waals surface area contributed by atoms with Crippen molar-refractivity contribution in [1.82, 2.24) is 0 Å². The number of hydrogen-bond acceptors (Lipinski definition) is 2. The lowest BCUT2D eigenvalue weighted by Crippen LogP contribution is -1.84. The lowest BCUT2D eigenvalue weighted by atomic mass is 10.1. The van der Waals surface area contributed by atoms with Gasteiger partial charge >= 0.3 is 0 Å². The summed E-state index contributed by atoms with van der Waals surface area (Å²) >= 11 is 3.65. The maximum Gasteiger partial charge on any atom is 0.136 e. The largest absolute Gasteiger partial charge is 0.272 e. The van der Waals surface area contributed by atoms with E-state index >= 15 is 0 Å². The molecule has 0 amide bonds. The van der Waals surface area contributed by atoms with Crippen LogP contribution in [0.15, 0.2) is 52.8 Å². The molecule has 1 nitrogen and oxygen atoms in total. The van der Waals surface area contributed by atoms with Crippen LogP contribution in [0.25, 0.3) is 0 Å². The predicted molar refractivity (Wildman–Crippen MR) is 55.1 cm³/mol. The number of aliphatic imine (C=N–C) groups is 1. The molecular formula is C9H10FNS. The molecule has 0 aliphatic carbocycles. The molecule has 0 bridgehead atoms. The summed E-state index contributed by atoms with van der Waals surface area (Å²) in [6, 6.07) is 0. The molecule has 0 rings (SSSR count). The van der Waals surface area contributed by atoms with Crippen LogP contribution in [0.5, 0.6) is 0 Å². The minimum atomic E-state index is -0.506. The molecule has 0 N–H and O–H groups in total. The first-order valence-electron chi connectivity index (χ1n) is 3.15. The van der Waals surface area contributed by atoms with Crippen LogP contribution in [-0.4, -0.2) is 6.72 Å². The van der Waals surface area contributed by atoms with E-state index in [1.54, 1.807) is 0 Å². The van der Waals surface area contributed by atoms with Gasteiger partial charge in [0.15, 0.2) is 0 Å². The van der Waals surface area contributed by atoms with E-state index in [1.165, 1.54) is 12.3 Å². The zero-order valence-corrected chi connectivity index (χ0v) is 7.52. The minimum absolute atomic E-state index is 0.201. The first kappa shape index (κ1) is 10.9. The fourth-order valence-electron chi connectivity index (χ4n) is 0.568. The molecule has 0 atom stereocenters. The van der Waals surface area contributed by atoms with Gasteiger partial charge in [0.25, 0.3) is 0 Å². The Labute approximate surface area is 77.1 Å². The van der Waals surface area contributed by atoms with Gasteiger partial charge in [-0.2, -0.15) is 0 Å². The number of hydrogen-bond donors (Lipinski definition) is 1. The standard InChI is InChI=1S/C9H10FNS/c1-4-8(5-11-3)7(2)9(10)6-12/h4-6,12H,1-3H2/b8-5+,9-6+. The van der Waals surface area contributed by atoms with Crippen LogP contribution in [0.2, 0.25) is 0 Å². The van der Waals surface area contributed by atoms with Crippen LogP contribution in [0.3, 0.4) is 0 Å². The van der Waals surface area contributed by atoms with Crippen molar-refractivity contribution >= 4 is 19.3 Å². The molecular weight excluding hydrogens is 173 g/mol. The second-order valence-electron chi connectivity index (χ2n) is 1.93. The van der Waals surface area contributed by atoms with Gasteiger partial charge in [-0.3, -0.25) is 4.99 Å². The van der Waals surface area contributed by atoms with Crippen LogP contribution in [0, 0.1) is 0 Å². The Kier molecular flexibility index (Phi) is 5.04.